The molecule has 2 rings (SSSR count). The van der Waals surface area contributed by atoms with Crippen molar-refractivity contribution in [3.05, 3.63) is 0 Å². The maximum atomic E-state index is 12.1. The van der Waals surface area contributed by atoms with Crippen LogP contribution in [0.4, 0.5) is 0 Å². The molecule has 4 atom stereocenters. The first kappa shape index (κ1) is 15.8. The molecule has 0 aromatic rings. The predicted molar refractivity (Wildman–Crippen MR) is 80.5 cm³/mol. The summed E-state index contributed by atoms with van der Waals surface area (Å²) in [6, 6.07) is 0.244. The fourth-order valence-corrected chi connectivity index (χ4v) is 3.66. The van der Waals surface area contributed by atoms with E-state index < -0.39 is 0 Å². The van der Waals surface area contributed by atoms with Crippen molar-refractivity contribution in [1.29, 1.82) is 0 Å². The van der Waals surface area contributed by atoms with Crippen LogP contribution < -0.4 is 10.6 Å². The van der Waals surface area contributed by atoms with Gasteiger partial charge in [0.2, 0.25) is 5.91 Å². The van der Waals surface area contributed by atoms with Crippen LogP contribution in [0, 0.1) is 17.3 Å². The van der Waals surface area contributed by atoms with Gasteiger partial charge >= 0.3 is 0 Å². The molecule has 1 saturated heterocycles. The molecule has 4 heteroatoms. The quantitative estimate of drug-likeness (QED) is 0.810. The summed E-state index contributed by atoms with van der Waals surface area (Å²) in [5, 5.41) is 6.54. The predicted octanol–water partition coefficient (Wildman–Crippen LogP) is 1.94. The van der Waals surface area contributed by atoms with Gasteiger partial charge in [0.15, 0.2) is 0 Å². The minimum atomic E-state index is -0.138. The van der Waals surface area contributed by atoms with Crippen LogP contribution in [0.25, 0.3) is 0 Å². The summed E-state index contributed by atoms with van der Waals surface area (Å²) in [4.78, 5) is 12.1. The summed E-state index contributed by atoms with van der Waals surface area (Å²) < 4.78 is 5.90. The van der Waals surface area contributed by atoms with E-state index in [4.69, 9.17) is 4.74 Å². The summed E-state index contributed by atoms with van der Waals surface area (Å²) in [5.41, 5.74) is 0.123. The number of hydrogen-bond donors (Lipinski definition) is 2. The third-order valence-corrected chi connectivity index (χ3v) is 4.84. The normalized spacial score (nSPS) is 33.2. The second-order valence-electron chi connectivity index (χ2n) is 7.42. The molecule has 4 nitrogen and oxygen atoms in total. The zero-order valence-electron chi connectivity index (χ0n) is 13.5. The van der Waals surface area contributed by atoms with Crippen molar-refractivity contribution in [2.75, 3.05) is 13.2 Å². The fraction of sp³-hybridized carbons (Fsp3) is 0.938. The molecule has 20 heavy (non-hydrogen) atoms. The summed E-state index contributed by atoms with van der Waals surface area (Å²) in [7, 11) is 0. The molecule has 116 valence electrons. The Labute approximate surface area is 123 Å². The van der Waals surface area contributed by atoms with Gasteiger partial charge in [0.05, 0.1) is 12.1 Å². The molecule has 1 saturated carbocycles. The highest BCUT2D eigenvalue weighted by Crippen LogP contribution is 2.51. The molecule has 4 unspecified atom stereocenters. The minimum Gasteiger partial charge on any atom is -0.377 e. The molecule has 0 radical (unpaired) electrons. The molecule has 0 spiro atoms. The monoisotopic (exact) mass is 282 g/mol. The lowest BCUT2D eigenvalue weighted by Crippen LogP contribution is -2.71. The van der Waals surface area contributed by atoms with Crippen molar-refractivity contribution < 1.29 is 9.53 Å². The lowest BCUT2D eigenvalue weighted by molar-refractivity contribution is -0.194. The summed E-state index contributed by atoms with van der Waals surface area (Å²) >= 11 is 0. The first-order valence-electron chi connectivity index (χ1n) is 7.99. The molecule has 1 aliphatic carbocycles. The van der Waals surface area contributed by atoms with E-state index in [9.17, 15) is 4.79 Å². The van der Waals surface area contributed by atoms with Gasteiger partial charge in [0.1, 0.15) is 0 Å². The summed E-state index contributed by atoms with van der Waals surface area (Å²) in [6.45, 7) is 12.3. The SMILES string of the molecule is CC(C)CNC(=O)C(C)NC1C2CCCOC2C1(C)C. The Morgan fingerprint density at radius 3 is 2.70 bits per heavy atom. The molecule has 2 fully saturated rings. The Morgan fingerprint density at radius 2 is 2.05 bits per heavy atom. The van der Waals surface area contributed by atoms with E-state index in [0.29, 0.717) is 24.0 Å². The molecule has 2 aliphatic rings. The topological polar surface area (TPSA) is 50.4 Å². The van der Waals surface area contributed by atoms with Gasteiger partial charge in [-0.15, -0.1) is 0 Å². The fourth-order valence-electron chi connectivity index (χ4n) is 3.66. The number of carbonyl (C=O) groups excluding carboxylic acids is 1. The van der Waals surface area contributed by atoms with Gasteiger partial charge in [0, 0.05) is 30.5 Å². The largest absolute Gasteiger partial charge is 0.377 e. The molecular formula is C16H30N2O2. The number of amides is 1. The third-order valence-electron chi connectivity index (χ3n) is 4.84. The number of rotatable bonds is 5. The Balaban J connectivity index is 1.87. The van der Waals surface area contributed by atoms with Crippen LogP contribution in [0.1, 0.15) is 47.5 Å². The number of nitrogens with one attached hydrogen (secondary N) is 2. The van der Waals surface area contributed by atoms with E-state index >= 15 is 0 Å². The van der Waals surface area contributed by atoms with Crippen LogP contribution in [0.2, 0.25) is 0 Å². The van der Waals surface area contributed by atoms with Crippen LogP contribution in [-0.4, -0.2) is 37.2 Å². The zero-order valence-corrected chi connectivity index (χ0v) is 13.5. The molecule has 0 aromatic carbocycles. The van der Waals surface area contributed by atoms with E-state index in [1.54, 1.807) is 0 Å². The summed E-state index contributed by atoms with van der Waals surface area (Å²) in [6.07, 6.45) is 2.72. The summed E-state index contributed by atoms with van der Waals surface area (Å²) in [5.74, 6) is 1.16. The van der Waals surface area contributed by atoms with E-state index in [2.05, 4.69) is 38.3 Å². The Morgan fingerprint density at radius 1 is 1.35 bits per heavy atom. The van der Waals surface area contributed by atoms with Crippen LogP contribution >= 0.6 is 0 Å². The van der Waals surface area contributed by atoms with Crippen molar-refractivity contribution >= 4 is 5.91 Å². The van der Waals surface area contributed by atoms with Gasteiger partial charge in [-0.1, -0.05) is 27.7 Å². The first-order valence-corrected chi connectivity index (χ1v) is 7.99. The van der Waals surface area contributed by atoms with E-state index in [0.717, 1.165) is 19.6 Å². The van der Waals surface area contributed by atoms with Crippen molar-refractivity contribution in [3.8, 4) is 0 Å². The van der Waals surface area contributed by atoms with E-state index in [-0.39, 0.29) is 17.4 Å². The Bertz CT molecular complexity index is 354. The zero-order chi connectivity index (χ0) is 14.9. The van der Waals surface area contributed by atoms with Crippen molar-refractivity contribution in [1.82, 2.24) is 10.6 Å². The highest BCUT2D eigenvalue weighted by molar-refractivity contribution is 5.81. The molecule has 2 N–H and O–H groups in total. The van der Waals surface area contributed by atoms with Crippen LogP contribution in [0.5, 0.6) is 0 Å². The van der Waals surface area contributed by atoms with E-state index in [1.165, 1.54) is 6.42 Å². The standard InChI is InChI=1S/C16H30N2O2/c1-10(2)9-17-15(19)11(3)18-13-12-7-6-8-20-14(12)16(13,4)5/h10-14,18H,6-9H2,1-5H3,(H,17,19). The van der Waals surface area contributed by atoms with Crippen LogP contribution in [0.3, 0.4) is 0 Å². The number of carbonyl (C=O) groups is 1. The number of ether oxygens (including phenoxy) is 1. The highest BCUT2D eigenvalue weighted by atomic mass is 16.5. The third kappa shape index (κ3) is 3.01. The highest BCUT2D eigenvalue weighted by Gasteiger charge is 2.58. The molecule has 0 aromatic heterocycles. The average Bonchev–Trinajstić information content (AvgIpc) is 2.41. The van der Waals surface area contributed by atoms with Gasteiger partial charge < -0.3 is 15.4 Å². The van der Waals surface area contributed by atoms with Crippen LogP contribution in [-0.2, 0) is 9.53 Å². The Hall–Kier alpha value is -0.610. The van der Waals surface area contributed by atoms with Crippen molar-refractivity contribution in [2.45, 2.75) is 65.6 Å². The molecule has 0 bridgehead atoms. The van der Waals surface area contributed by atoms with Gasteiger partial charge in [-0.3, -0.25) is 4.79 Å². The smallest absolute Gasteiger partial charge is 0.236 e. The van der Waals surface area contributed by atoms with Gasteiger partial charge in [-0.2, -0.15) is 0 Å². The lowest BCUT2D eigenvalue weighted by atomic mass is 9.55. The van der Waals surface area contributed by atoms with Crippen molar-refractivity contribution in [3.63, 3.8) is 0 Å². The number of hydrogen-bond acceptors (Lipinski definition) is 3. The maximum Gasteiger partial charge on any atom is 0.236 e. The second-order valence-corrected chi connectivity index (χ2v) is 7.42. The number of fused-ring (bicyclic) bond motifs is 1. The maximum absolute atomic E-state index is 12.1. The average molecular weight is 282 g/mol. The first-order chi connectivity index (χ1) is 9.34. The minimum absolute atomic E-state index is 0.106. The molecule has 1 heterocycles. The van der Waals surface area contributed by atoms with Gasteiger partial charge in [-0.05, 0) is 25.7 Å². The molecule has 1 aliphatic heterocycles. The second kappa shape index (κ2) is 6.02. The lowest BCUT2D eigenvalue weighted by Gasteiger charge is -2.60. The Kier molecular flexibility index (Phi) is 4.75. The van der Waals surface area contributed by atoms with Gasteiger partial charge in [-0.25, -0.2) is 0 Å². The molecular weight excluding hydrogens is 252 g/mol. The van der Waals surface area contributed by atoms with E-state index in [1.807, 2.05) is 6.92 Å². The van der Waals surface area contributed by atoms with Gasteiger partial charge in [0.25, 0.3) is 0 Å². The van der Waals surface area contributed by atoms with Crippen molar-refractivity contribution in [2.24, 2.45) is 17.3 Å². The van der Waals surface area contributed by atoms with Crippen LogP contribution in [0.15, 0.2) is 0 Å². The molecule has 1 amide bonds.